The first-order valence-corrected chi connectivity index (χ1v) is 5.63. The standard InChI is InChI=1S/C12H17N3O/c1-10(16)15-7-4-12(9-15)14-8-11-2-5-13-6-3-11/h2-3,5-6,12,14H,4,7-9H2,1H3/t12-/m0/s1. The van der Waals surface area contributed by atoms with E-state index >= 15 is 0 Å². The monoisotopic (exact) mass is 219 g/mol. The molecule has 1 amide bonds. The average Bonchev–Trinajstić information content (AvgIpc) is 2.76. The Hall–Kier alpha value is -1.42. The Morgan fingerprint density at radius 1 is 1.56 bits per heavy atom. The fraction of sp³-hybridized carbons (Fsp3) is 0.500. The molecule has 0 aromatic carbocycles. The predicted octanol–water partition coefficient (Wildman–Crippen LogP) is 0.792. The molecular weight excluding hydrogens is 202 g/mol. The average molecular weight is 219 g/mol. The van der Waals surface area contributed by atoms with Crippen LogP contribution in [0.15, 0.2) is 24.5 Å². The molecule has 1 aromatic rings. The van der Waals surface area contributed by atoms with Gasteiger partial charge >= 0.3 is 0 Å². The van der Waals surface area contributed by atoms with Crippen LogP contribution in [0.1, 0.15) is 18.9 Å². The fourth-order valence-electron chi connectivity index (χ4n) is 1.98. The van der Waals surface area contributed by atoms with Crippen molar-refractivity contribution in [2.45, 2.75) is 25.9 Å². The maximum Gasteiger partial charge on any atom is 0.219 e. The van der Waals surface area contributed by atoms with Gasteiger partial charge in [0.05, 0.1) is 0 Å². The van der Waals surface area contributed by atoms with Gasteiger partial charge < -0.3 is 10.2 Å². The number of carbonyl (C=O) groups excluding carboxylic acids is 1. The van der Waals surface area contributed by atoms with E-state index < -0.39 is 0 Å². The second kappa shape index (κ2) is 5.07. The van der Waals surface area contributed by atoms with Crippen LogP contribution in [0.5, 0.6) is 0 Å². The molecule has 2 heterocycles. The number of hydrogen-bond donors (Lipinski definition) is 1. The molecule has 0 radical (unpaired) electrons. The molecule has 4 nitrogen and oxygen atoms in total. The lowest BCUT2D eigenvalue weighted by molar-refractivity contribution is -0.127. The lowest BCUT2D eigenvalue weighted by atomic mass is 10.2. The van der Waals surface area contributed by atoms with E-state index in [2.05, 4.69) is 10.3 Å². The summed E-state index contributed by atoms with van der Waals surface area (Å²) in [6.07, 6.45) is 4.64. The second-order valence-corrected chi connectivity index (χ2v) is 4.19. The number of aromatic nitrogens is 1. The number of carbonyl (C=O) groups is 1. The smallest absolute Gasteiger partial charge is 0.219 e. The molecule has 0 spiro atoms. The summed E-state index contributed by atoms with van der Waals surface area (Å²) in [5.41, 5.74) is 1.23. The van der Waals surface area contributed by atoms with Crippen molar-refractivity contribution in [3.05, 3.63) is 30.1 Å². The molecule has 1 aliphatic heterocycles. The van der Waals surface area contributed by atoms with Gasteiger partial charge in [0.25, 0.3) is 0 Å². The van der Waals surface area contributed by atoms with Crippen molar-refractivity contribution >= 4 is 5.91 Å². The van der Waals surface area contributed by atoms with E-state index in [9.17, 15) is 4.79 Å². The molecule has 16 heavy (non-hydrogen) atoms. The highest BCUT2D eigenvalue weighted by Gasteiger charge is 2.23. The van der Waals surface area contributed by atoms with Crippen LogP contribution in [0.2, 0.25) is 0 Å². The van der Waals surface area contributed by atoms with E-state index in [1.54, 1.807) is 19.3 Å². The molecule has 1 N–H and O–H groups in total. The number of likely N-dealkylation sites (tertiary alicyclic amines) is 1. The summed E-state index contributed by atoms with van der Waals surface area (Å²) in [5.74, 6) is 0.174. The third-order valence-corrected chi connectivity index (χ3v) is 2.98. The minimum Gasteiger partial charge on any atom is -0.341 e. The number of amides is 1. The van der Waals surface area contributed by atoms with E-state index in [0.29, 0.717) is 6.04 Å². The molecule has 0 bridgehead atoms. The molecule has 0 unspecified atom stereocenters. The van der Waals surface area contributed by atoms with Gasteiger partial charge in [-0.15, -0.1) is 0 Å². The zero-order valence-electron chi connectivity index (χ0n) is 9.52. The van der Waals surface area contributed by atoms with Crippen LogP contribution < -0.4 is 5.32 Å². The number of nitrogens with zero attached hydrogens (tertiary/aromatic N) is 2. The van der Waals surface area contributed by atoms with Crippen molar-refractivity contribution in [2.75, 3.05) is 13.1 Å². The molecule has 0 saturated carbocycles. The van der Waals surface area contributed by atoms with Crippen LogP contribution in [0, 0.1) is 0 Å². The first-order valence-electron chi connectivity index (χ1n) is 5.63. The largest absolute Gasteiger partial charge is 0.341 e. The Bertz CT molecular complexity index is 353. The van der Waals surface area contributed by atoms with E-state index in [4.69, 9.17) is 0 Å². The van der Waals surface area contributed by atoms with E-state index in [0.717, 1.165) is 26.1 Å². The molecule has 86 valence electrons. The summed E-state index contributed by atoms with van der Waals surface area (Å²) >= 11 is 0. The Labute approximate surface area is 95.7 Å². The lowest BCUT2D eigenvalue weighted by Gasteiger charge is -2.15. The number of nitrogens with one attached hydrogen (secondary N) is 1. The number of rotatable bonds is 3. The molecule has 4 heteroatoms. The molecule has 1 aromatic heterocycles. The van der Waals surface area contributed by atoms with Gasteiger partial charge in [0.2, 0.25) is 5.91 Å². The van der Waals surface area contributed by atoms with E-state index in [1.807, 2.05) is 17.0 Å². The molecule has 1 atom stereocenters. The first-order chi connectivity index (χ1) is 7.75. The van der Waals surface area contributed by atoms with Crippen LogP contribution in [-0.4, -0.2) is 34.9 Å². The van der Waals surface area contributed by atoms with Crippen LogP contribution in [0.4, 0.5) is 0 Å². The second-order valence-electron chi connectivity index (χ2n) is 4.19. The van der Waals surface area contributed by atoms with Crippen molar-refractivity contribution in [3.63, 3.8) is 0 Å². The van der Waals surface area contributed by atoms with Gasteiger partial charge in [-0.25, -0.2) is 0 Å². The van der Waals surface area contributed by atoms with Gasteiger partial charge in [0, 0.05) is 45.0 Å². The molecular formula is C12H17N3O. The fourth-order valence-corrected chi connectivity index (χ4v) is 1.98. The Balaban J connectivity index is 1.78. The van der Waals surface area contributed by atoms with Gasteiger partial charge in [-0.2, -0.15) is 0 Å². The number of pyridine rings is 1. The molecule has 1 fully saturated rings. The van der Waals surface area contributed by atoms with Crippen LogP contribution in [-0.2, 0) is 11.3 Å². The Morgan fingerprint density at radius 3 is 2.94 bits per heavy atom. The maximum absolute atomic E-state index is 11.2. The third-order valence-electron chi connectivity index (χ3n) is 2.98. The lowest BCUT2D eigenvalue weighted by Crippen LogP contribution is -2.33. The SMILES string of the molecule is CC(=O)N1CC[C@H](NCc2ccncc2)C1. The quantitative estimate of drug-likeness (QED) is 0.817. The van der Waals surface area contributed by atoms with Gasteiger partial charge in [0.1, 0.15) is 0 Å². The van der Waals surface area contributed by atoms with E-state index in [1.165, 1.54) is 5.56 Å². The predicted molar refractivity (Wildman–Crippen MR) is 61.7 cm³/mol. The highest BCUT2D eigenvalue weighted by Crippen LogP contribution is 2.09. The summed E-state index contributed by atoms with van der Waals surface area (Å²) in [6.45, 7) is 4.19. The molecule has 0 aliphatic carbocycles. The zero-order valence-corrected chi connectivity index (χ0v) is 9.52. The summed E-state index contributed by atoms with van der Waals surface area (Å²) in [7, 11) is 0. The topological polar surface area (TPSA) is 45.2 Å². The maximum atomic E-state index is 11.2. The van der Waals surface area contributed by atoms with Gasteiger partial charge in [0.15, 0.2) is 0 Å². The van der Waals surface area contributed by atoms with Gasteiger partial charge in [-0.05, 0) is 24.1 Å². The molecule has 2 rings (SSSR count). The normalized spacial score (nSPS) is 20.1. The van der Waals surface area contributed by atoms with Crippen LogP contribution in [0.3, 0.4) is 0 Å². The minimum atomic E-state index is 0.174. The highest BCUT2D eigenvalue weighted by molar-refractivity contribution is 5.73. The van der Waals surface area contributed by atoms with Crippen molar-refractivity contribution in [1.29, 1.82) is 0 Å². The van der Waals surface area contributed by atoms with Crippen LogP contribution in [0.25, 0.3) is 0 Å². The van der Waals surface area contributed by atoms with Crippen molar-refractivity contribution in [1.82, 2.24) is 15.2 Å². The Morgan fingerprint density at radius 2 is 2.31 bits per heavy atom. The minimum absolute atomic E-state index is 0.174. The zero-order chi connectivity index (χ0) is 11.4. The van der Waals surface area contributed by atoms with Gasteiger partial charge in [-0.3, -0.25) is 9.78 Å². The summed E-state index contributed by atoms with van der Waals surface area (Å²) in [6, 6.07) is 4.44. The summed E-state index contributed by atoms with van der Waals surface area (Å²) < 4.78 is 0. The summed E-state index contributed by atoms with van der Waals surface area (Å²) in [4.78, 5) is 17.0. The first kappa shape index (κ1) is 11.1. The van der Waals surface area contributed by atoms with Crippen molar-refractivity contribution < 1.29 is 4.79 Å². The van der Waals surface area contributed by atoms with E-state index in [-0.39, 0.29) is 5.91 Å². The number of hydrogen-bond acceptors (Lipinski definition) is 3. The van der Waals surface area contributed by atoms with Gasteiger partial charge in [-0.1, -0.05) is 0 Å². The van der Waals surface area contributed by atoms with Crippen molar-refractivity contribution in [2.24, 2.45) is 0 Å². The highest BCUT2D eigenvalue weighted by atomic mass is 16.2. The molecule has 1 aliphatic rings. The Kier molecular flexibility index (Phi) is 3.51. The summed E-state index contributed by atoms with van der Waals surface area (Å²) in [5, 5.41) is 3.46. The van der Waals surface area contributed by atoms with Crippen LogP contribution >= 0.6 is 0 Å². The molecule has 1 saturated heterocycles. The third kappa shape index (κ3) is 2.79. The van der Waals surface area contributed by atoms with Crippen molar-refractivity contribution in [3.8, 4) is 0 Å².